The van der Waals surface area contributed by atoms with Crippen LogP contribution in [0.4, 0.5) is 11.4 Å². The molecular formula is C23H23ClN2O6. The number of carbonyl (C=O) groups excluding carboxylic acids is 4. The number of fused-ring (bicyclic) bond motifs is 1. The Balaban J connectivity index is 1.76. The van der Waals surface area contributed by atoms with Gasteiger partial charge in [-0.1, -0.05) is 17.7 Å². The molecule has 2 aromatic carbocycles. The quantitative estimate of drug-likeness (QED) is 0.479. The minimum Gasteiger partial charge on any atom is -0.482 e. The van der Waals surface area contributed by atoms with Crippen LogP contribution in [0.1, 0.15) is 35.7 Å². The van der Waals surface area contributed by atoms with Gasteiger partial charge in [-0.3, -0.25) is 24.1 Å². The van der Waals surface area contributed by atoms with Crippen molar-refractivity contribution in [2.24, 2.45) is 0 Å². The molecule has 2 amide bonds. The van der Waals surface area contributed by atoms with E-state index in [-0.39, 0.29) is 38.4 Å². The lowest BCUT2D eigenvalue weighted by molar-refractivity contribution is -0.143. The van der Waals surface area contributed by atoms with Crippen LogP contribution in [0.3, 0.4) is 0 Å². The zero-order valence-electron chi connectivity index (χ0n) is 17.8. The molecule has 1 N–H and O–H groups in total. The first-order chi connectivity index (χ1) is 15.3. The molecule has 1 aliphatic rings. The fourth-order valence-electron chi connectivity index (χ4n) is 3.22. The molecule has 0 bridgehead atoms. The second kappa shape index (κ2) is 10.3. The molecule has 1 heterocycles. The molecule has 0 radical (unpaired) electrons. The normalized spacial score (nSPS) is 12.6. The second-order valence-electron chi connectivity index (χ2n) is 7.14. The molecule has 0 saturated carbocycles. The monoisotopic (exact) mass is 458 g/mol. The lowest BCUT2D eigenvalue weighted by atomic mass is 10.0. The standard InChI is InChI=1S/C23H23ClN2O6/c1-3-31-23(30)10-8-19(27)15-7-9-20-18(11-15)26(22(29)13-32-20)12-21(28)25-17-6-4-5-16(24)14(17)2/h4-7,9,11H,3,8,10,12-13H2,1-2H3,(H,25,28). The Kier molecular flexibility index (Phi) is 7.48. The minimum atomic E-state index is -0.452. The van der Waals surface area contributed by atoms with Crippen LogP contribution in [0.2, 0.25) is 5.02 Å². The van der Waals surface area contributed by atoms with Crippen LogP contribution in [-0.2, 0) is 19.1 Å². The number of esters is 1. The van der Waals surface area contributed by atoms with E-state index in [9.17, 15) is 19.2 Å². The van der Waals surface area contributed by atoms with Crippen molar-refractivity contribution in [3.8, 4) is 5.75 Å². The van der Waals surface area contributed by atoms with Gasteiger partial charge in [0.2, 0.25) is 5.91 Å². The van der Waals surface area contributed by atoms with Crippen molar-refractivity contribution in [1.82, 2.24) is 0 Å². The Labute approximate surface area is 190 Å². The van der Waals surface area contributed by atoms with Crippen molar-refractivity contribution in [3.05, 3.63) is 52.5 Å². The van der Waals surface area contributed by atoms with Crippen LogP contribution in [0.5, 0.6) is 5.75 Å². The van der Waals surface area contributed by atoms with E-state index in [4.69, 9.17) is 21.1 Å². The number of ketones is 1. The number of nitrogens with one attached hydrogen (secondary N) is 1. The van der Waals surface area contributed by atoms with E-state index < -0.39 is 17.8 Å². The zero-order valence-corrected chi connectivity index (χ0v) is 18.5. The molecule has 3 rings (SSSR count). The van der Waals surface area contributed by atoms with E-state index in [0.717, 1.165) is 0 Å². The molecule has 2 aromatic rings. The summed E-state index contributed by atoms with van der Waals surface area (Å²) in [6.07, 6.45) is -0.0642. The van der Waals surface area contributed by atoms with Gasteiger partial charge in [0.1, 0.15) is 12.3 Å². The van der Waals surface area contributed by atoms with Gasteiger partial charge in [-0.2, -0.15) is 0 Å². The largest absolute Gasteiger partial charge is 0.482 e. The number of nitrogens with zero attached hydrogens (tertiary/aromatic N) is 1. The maximum atomic E-state index is 12.7. The van der Waals surface area contributed by atoms with E-state index >= 15 is 0 Å². The van der Waals surface area contributed by atoms with Gasteiger partial charge in [-0.05, 0) is 49.7 Å². The second-order valence-corrected chi connectivity index (χ2v) is 7.55. The predicted octanol–water partition coefficient (Wildman–Crippen LogP) is 3.54. The number of carbonyl (C=O) groups is 4. The highest BCUT2D eigenvalue weighted by atomic mass is 35.5. The van der Waals surface area contributed by atoms with Crippen molar-refractivity contribution in [2.75, 3.05) is 30.0 Å². The van der Waals surface area contributed by atoms with Crippen LogP contribution >= 0.6 is 11.6 Å². The third-order valence-corrected chi connectivity index (χ3v) is 5.34. The van der Waals surface area contributed by atoms with Crippen molar-refractivity contribution in [1.29, 1.82) is 0 Å². The van der Waals surface area contributed by atoms with Gasteiger partial charge in [-0.15, -0.1) is 0 Å². The third-order valence-electron chi connectivity index (χ3n) is 4.93. The van der Waals surface area contributed by atoms with E-state index in [1.54, 1.807) is 44.2 Å². The highest BCUT2D eigenvalue weighted by molar-refractivity contribution is 6.31. The number of hydrogen-bond acceptors (Lipinski definition) is 6. The summed E-state index contributed by atoms with van der Waals surface area (Å²) in [4.78, 5) is 50.5. The topological polar surface area (TPSA) is 102 Å². The van der Waals surface area contributed by atoms with Gasteiger partial charge in [0.05, 0.1) is 18.7 Å². The molecule has 32 heavy (non-hydrogen) atoms. The number of rotatable bonds is 8. The highest BCUT2D eigenvalue weighted by Crippen LogP contribution is 2.33. The van der Waals surface area contributed by atoms with Gasteiger partial charge >= 0.3 is 5.97 Å². The molecule has 8 nitrogen and oxygen atoms in total. The molecule has 0 saturated heterocycles. The number of anilines is 2. The van der Waals surface area contributed by atoms with Crippen molar-refractivity contribution >= 4 is 46.5 Å². The Morgan fingerprint density at radius 2 is 1.97 bits per heavy atom. The number of halogens is 1. The van der Waals surface area contributed by atoms with Gasteiger partial charge in [0, 0.05) is 22.7 Å². The van der Waals surface area contributed by atoms with Gasteiger partial charge in [0.25, 0.3) is 5.91 Å². The first-order valence-electron chi connectivity index (χ1n) is 10.1. The Morgan fingerprint density at radius 1 is 1.19 bits per heavy atom. The van der Waals surface area contributed by atoms with Crippen LogP contribution in [0.15, 0.2) is 36.4 Å². The average Bonchev–Trinajstić information content (AvgIpc) is 2.77. The first-order valence-corrected chi connectivity index (χ1v) is 10.5. The molecule has 0 aliphatic carbocycles. The fraction of sp³-hybridized carbons (Fsp3) is 0.304. The van der Waals surface area contributed by atoms with Crippen molar-refractivity contribution < 1.29 is 28.7 Å². The molecule has 0 fully saturated rings. The molecule has 1 aliphatic heterocycles. The van der Waals surface area contributed by atoms with Gasteiger partial charge in [0.15, 0.2) is 12.4 Å². The summed E-state index contributed by atoms with van der Waals surface area (Å²) in [7, 11) is 0. The lowest BCUT2D eigenvalue weighted by Crippen LogP contribution is -2.43. The van der Waals surface area contributed by atoms with E-state index in [2.05, 4.69) is 5.32 Å². The summed E-state index contributed by atoms with van der Waals surface area (Å²) in [6.45, 7) is 3.24. The molecule has 9 heteroatoms. The number of amides is 2. The summed E-state index contributed by atoms with van der Waals surface area (Å²) in [6, 6.07) is 9.79. The van der Waals surface area contributed by atoms with Crippen LogP contribution < -0.4 is 15.0 Å². The number of hydrogen-bond donors (Lipinski definition) is 1. The summed E-state index contributed by atoms with van der Waals surface area (Å²) in [5, 5.41) is 3.27. The summed E-state index contributed by atoms with van der Waals surface area (Å²) < 4.78 is 10.3. The molecule has 168 valence electrons. The average molecular weight is 459 g/mol. The molecule has 0 spiro atoms. The number of Topliss-reactive ketones (excluding diaryl/α,β-unsaturated/α-hetero) is 1. The number of ether oxygens (including phenoxy) is 2. The first kappa shape index (κ1) is 23.3. The molecular weight excluding hydrogens is 436 g/mol. The van der Waals surface area contributed by atoms with Gasteiger partial charge in [-0.25, -0.2) is 0 Å². The molecule has 0 aromatic heterocycles. The third kappa shape index (κ3) is 5.45. The Bertz CT molecular complexity index is 1070. The smallest absolute Gasteiger partial charge is 0.306 e. The van der Waals surface area contributed by atoms with E-state index in [1.165, 1.54) is 11.0 Å². The van der Waals surface area contributed by atoms with Crippen LogP contribution in [-0.4, -0.2) is 43.3 Å². The number of benzene rings is 2. The predicted molar refractivity (Wildman–Crippen MR) is 119 cm³/mol. The van der Waals surface area contributed by atoms with E-state index in [0.29, 0.717) is 33.3 Å². The van der Waals surface area contributed by atoms with Crippen molar-refractivity contribution in [3.63, 3.8) is 0 Å². The minimum absolute atomic E-state index is 0.0268. The summed E-state index contributed by atoms with van der Waals surface area (Å²) >= 11 is 6.10. The SMILES string of the molecule is CCOC(=O)CCC(=O)c1ccc2c(c1)N(CC(=O)Nc1cccc(Cl)c1C)C(=O)CO2. The summed E-state index contributed by atoms with van der Waals surface area (Å²) in [5.41, 5.74) is 1.89. The molecule has 0 atom stereocenters. The fourth-order valence-corrected chi connectivity index (χ4v) is 3.39. The maximum absolute atomic E-state index is 12.7. The summed E-state index contributed by atoms with van der Waals surface area (Å²) in [5.74, 6) is -1.18. The maximum Gasteiger partial charge on any atom is 0.306 e. The highest BCUT2D eigenvalue weighted by Gasteiger charge is 2.28. The Hall–Kier alpha value is -3.39. The van der Waals surface area contributed by atoms with Crippen LogP contribution in [0.25, 0.3) is 0 Å². The molecule has 0 unspecified atom stereocenters. The van der Waals surface area contributed by atoms with E-state index in [1.807, 2.05) is 0 Å². The Morgan fingerprint density at radius 3 is 2.72 bits per heavy atom. The lowest BCUT2D eigenvalue weighted by Gasteiger charge is -2.29. The van der Waals surface area contributed by atoms with Crippen molar-refractivity contribution in [2.45, 2.75) is 26.7 Å². The van der Waals surface area contributed by atoms with Crippen LogP contribution in [0, 0.1) is 6.92 Å². The van der Waals surface area contributed by atoms with Gasteiger partial charge < -0.3 is 14.8 Å². The zero-order chi connectivity index (χ0) is 23.3.